The second kappa shape index (κ2) is 12.8. The van der Waals surface area contributed by atoms with Crippen LogP contribution in [0.2, 0.25) is 0 Å². The largest absolute Gasteiger partial charge is 0.354 e. The van der Waals surface area contributed by atoms with Crippen molar-refractivity contribution in [3.63, 3.8) is 0 Å². The lowest BCUT2D eigenvalue weighted by molar-refractivity contribution is 0.327. The van der Waals surface area contributed by atoms with Gasteiger partial charge in [0.2, 0.25) is 0 Å². The number of nitriles is 2. The summed E-state index contributed by atoms with van der Waals surface area (Å²) >= 11 is 0. The predicted molar refractivity (Wildman–Crippen MR) is 136 cm³/mol. The second-order valence-electron chi connectivity index (χ2n) is 9.00. The highest BCUT2D eigenvalue weighted by atomic mass is 15.4. The van der Waals surface area contributed by atoms with Crippen molar-refractivity contribution >= 4 is 0 Å². The molecule has 1 aliphatic rings. The molecule has 0 bridgehead atoms. The number of hydrogen-bond donors (Lipinski definition) is 2. The lowest BCUT2D eigenvalue weighted by atomic mass is 10.1. The number of nitrogens with zero attached hydrogens (tertiary/aromatic N) is 4. The zero-order valence-corrected chi connectivity index (χ0v) is 20.7. The van der Waals surface area contributed by atoms with Crippen LogP contribution in [0.5, 0.6) is 0 Å². The molecule has 2 aromatic carbocycles. The minimum atomic E-state index is 0.189. The Balaban J connectivity index is 1.56. The van der Waals surface area contributed by atoms with Crippen LogP contribution in [0.1, 0.15) is 41.2 Å². The summed E-state index contributed by atoms with van der Waals surface area (Å²) in [4.78, 5) is 4.33. The Kier molecular flexibility index (Phi) is 9.52. The van der Waals surface area contributed by atoms with Gasteiger partial charge >= 0.3 is 0 Å². The molecule has 1 fully saturated rings. The quantitative estimate of drug-likeness (QED) is 0.394. The highest BCUT2D eigenvalue weighted by Crippen LogP contribution is 2.24. The van der Waals surface area contributed by atoms with Gasteiger partial charge in [0.25, 0.3) is 0 Å². The fourth-order valence-electron chi connectivity index (χ4n) is 4.48. The maximum atomic E-state index is 9.58. The van der Waals surface area contributed by atoms with Gasteiger partial charge in [-0.25, -0.2) is 0 Å². The van der Waals surface area contributed by atoms with Crippen molar-refractivity contribution in [2.75, 3.05) is 32.7 Å². The van der Waals surface area contributed by atoms with E-state index >= 15 is 0 Å². The van der Waals surface area contributed by atoms with Crippen LogP contribution < -0.4 is 10.6 Å². The molecule has 3 rings (SSSR count). The number of hydrogen-bond acceptors (Lipinski definition) is 6. The first-order valence-corrected chi connectivity index (χ1v) is 12.1. The molecule has 0 amide bonds. The third kappa shape index (κ3) is 7.09. The van der Waals surface area contributed by atoms with Crippen molar-refractivity contribution in [3.8, 4) is 12.1 Å². The van der Waals surface area contributed by atoms with Crippen LogP contribution in [-0.4, -0.2) is 42.5 Å². The molecule has 2 aromatic rings. The first kappa shape index (κ1) is 25.3. The number of benzene rings is 2. The fourth-order valence-corrected chi connectivity index (χ4v) is 4.48. The van der Waals surface area contributed by atoms with Gasteiger partial charge in [-0.3, -0.25) is 0 Å². The summed E-state index contributed by atoms with van der Waals surface area (Å²) in [6, 6.07) is 19.4. The maximum absolute atomic E-state index is 9.58. The Bertz CT molecular complexity index is 1020. The molecule has 6 heteroatoms. The lowest BCUT2D eigenvalue weighted by Gasteiger charge is -2.25. The molecule has 0 saturated carbocycles. The van der Waals surface area contributed by atoms with Gasteiger partial charge in [-0.05, 0) is 43.5 Å². The summed E-state index contributed by atoms with van der Waals surface area (Å²) in [5.41, 5.74) is 6.41. The van der Waals surface area contributed by atoms with E-state index < -0.39 is 0 Å². The van der Waals surface area contributed by atoms with E-state index in [-0.39, 0.29) is 5.57 Å². The highest BCUT2D eigenvalue weighted by molar-refractivity contribution is 5.40. The van der Waals surface area contributed by atoms with E-state index in [0.717, 1.165) is 58.1 Å². The average molecular weight is 457 g/mol. The van der Waals surface area contributed by atoms with Crippen LogP contribution in [0, 0.1) is 36.5 Å². The molecular formula is C28H36N6. The minimum absolute atomic E-state index is 0.189. The van der Waals surface area contributed by atoms with Gasteiger partial charge in [-0.2, -0.15) is 10.5 Å². The summed E-state index contributed by atoms with van der Waals surface area (Å²) in [7, 11) is 0. The Morgan fingerprint density at radius 2 is 1.38 bits per heavy atom. The van der Waals surface area contributed by atoms with Gasteiger partial charge in [-0.15, -0.1) is 0 Å². The molecule has 34 heavy (non-hydrogen) atoms. The zero-order valence-electron chi connectivity index (χ0n) is 20.7. The SMILES string of the molecule is CCCNCc1ccc(CNCCN2CCN(Cc3cc(C)cc(C)c3)C2=C(C#N)C#N)cc1. The molecule has 0 radical (unpaired) electrons. The van der Waals surface area contributed by atoms with Crippen LogP contribution in [0.25, 0.3) is 0 Å². The van der Waals surface area contributed by atoms with Gasteiger partial charge in [0.05, 0.1) is 0 Å². The van der Waals surface area contributed by atoms with Gasteiger partial charge < -0.3 is 20.4 Å². The molecule has 1 aliphatic heterocycles. The summed E-state index contributed by atoms with van der Waals surface area (Å²) in [6.07, 6.45) is 1.14. The van der Waals surface area contributed by atoms with Crippen LogP contribution in [0.4, 0.5) is 0 Å². The van der Waals surface area contributed by atoms with Crippen LogP contribution in [0.3, 0.4) is 0 Å². The van der Waals surface area contributed by atoms with Gasteiger partial charge in [0, 0.05) is 45.8 Å². The second-order valence-corrected chi connectivity index (χ2v) is 9.00. The maximum Gasteiger partial charge on any atom is 0.169 e. The number of allylic oxidation sites excluding steroid dienone is 1. The molecule has 0 unspecified atom stereocenters. The average Bonchev–Trinajstić information content (AvgIpc) is 3.20. The predicted octanol–water partition coefficient (Wildman–Crippen LogP) is 3.97. The van der Waals surface area contributed by atoms with E-state index in [9.17, 15) is 10.5 Å². The Labute approximate surface area is 204 Å². The van der Waals surface area contributed by atoms with E-state index in [1.807, 2.05) is 0 Å². The molecule has 178 valence electrons. The highest BCUT2D eigenvalue weighted by Gasteiger charge is 2.28. The molecule has 0 atom stereocenters. The van der Waals surface area contributed by atoms with E-state index in [0.29, 0.717) is 6.54 Å². The standard InChI is InChI=1S/C28H36N6/c1-4-9-31-19-24-5-7-25(8-6-24)20-32-10-11-33-12-13-34(28(33)27(17-29)18-30)21-26-15-22(2)14-23(3)16-26/h5-8,14-16,31-32H,4,9-13,19-21H2,1-3H3. The molecule has 0 spiro atoms. The minimum Gasteiger partial charge on any atom is -0.354 e. The monoisotopic (exact) mass is 456 g/mol. The molecule has 1 saturated heterocycles. The van der Waals surface area contributed by atoms with Crippen molar-refractivity contribution in [3.05, 3.63) is 81.7 Å². The normalized spacial score (nSPS) is 13.1. The Morgan fingerprint density at radius 1 is 0.824 bits per heavy atom. The molecule has 0 aromatic heterocycles. The lowest BCUT2D eigenvalue weighted by Crippen LogP contribution is -2.31. The Morgan fingerprint density at radius 3 is 1.94 bits per heavy atom. The first-order chi connectivity index (χ1) is 16.5. The van der Waals surface area contributed by atoms with Crippen molar-refractivity contribution in [2.24, 2.45) is 0 Å². The molecular weight excluding hydrogens is 420 g/mol. The van der Waals surface area contributed by atoms with Crippen LogP contribution in [0.15, 0.2) is 53.9 Å². The number of aryl methyl sites for hydroxylation is 2. The molecule has 0 aliphatic carbocycles. The van der Waals surface area contributed by atoms with E-state index in [1.165, 1.54) is 27.8 Å². The molecule has 2 N–H and O–H groups in total. The first-order valence-electron chi connectivity index (χ1n) is 12.1. The van der Waals surface area contributed by atoms with E-state index in [1.54, 1.807) is 0 Å². The van der Waals surface area contributed by atoms with Crippen molar-refractivity contribution in [1.29, 1.82) is 10.5 Å². The van der Waals surface area contributed by atoms with E-state index in [2.05, 4.69) is 95.8 Å². The van der Waals surface area contributed by atoms with Crippen LogP contribution in [-0.2, 0) is 19.6 Å². The number of rotatable bonds is 11. The van der Waals surface area contributed by atoms with Gasteiger partial charge in [0.15, 0.2) is 5.57 Å². The van der Waals surface area contributed by atoms with Crippen molar-refractivity contribution in [2.45, 2.75) is 46.8 Å². The molecule has 6 nitrogen and oxygen atoms in total. The number of nitrogens with one attached hydrogen (secondary N) is 2. The smallest absolute Gasteiger partial charge is 0.169 e. The summed E-state index contributed by atoms with van der Waals surface area (Å²) < 4.78 is 0. The van der Waals surface area contributed by atoms with Gasteiger partial charge in [-0.1, -0.05) is 60.5 Å². The summed E-state index contributed by atoms with van der Waals surface area (Å²) in [6.45, 7) is 13.0. The molecule has 1 heterocycles. The van der Waals surface area contributed by atoms with Crippen molar-refractivity contribution in [1.82, 2.24) is 20.4 Å². The Hall–Kier alpha value is -3.32. The van der Waals surface area contributed by atoms with E-state index in [4.69, 9.17) is 0 Å². The van der Waals surface area contributed by atoms with Crippen LogP contribution >= 0.6 is 0 Å². The topological polar surface area (TPSA) is 78.1 Å². The third-order valence-electron chi connectivity index (χ3n) is 6.01. The fraction of sp³-hybridized carbons (Fsp3) is 0.429. The van der Waals surface area contributed by atoms with Gasteiger partial charge in [0.1, 0.15) is 18.0 Å². The summed E-state index contributed by atoms with van der Waals surface area (Å²) in [5, 5.41) is 26.1. The van der Waals surface area contributed by atoms with Crippen molar-refractivity contribution < 1.29 is 0 Å². The third-order valence-corrected chi connectivity index (χ3v) is 6.01. The summed E-state index contributed by atoms with van der Waals surface area (Å²) in [5.74, 6) is 0.759. The zero-order chi connectivity index (χ0) is 24.3.